The number of carbonyl (C=O) groups excluding carboxylic acids is 2. The first-order valence-electron chi connectivity index (χ1n) is 10.2. The number of nitrogens with zero attached hydrogens (tertiary/aromatic N) is 3. The molecule has 3 rings (SSSR count). The average Bonchev–Trinajstić information content (AvgIpc) is 2.77. The van der Waals surface area contributed by atoms with E-state index >= 15 is 0 Å². The van der Waals surface area contributed by atoms with Crippen LogP contribution in [0.15, 0.2) is 59.8 Å². The molecule has 0 bridgehead atoms. The second-order valence-corrected chi connectivity index (χ2v) is 8.66. The number of pyridine rings is 1. The van der Waals surface area contributed by atoms with Crippen LogP contribution in [0.3, 0.4) is 0 Å². The summed E-state index contributed by atoms with van der Waals surface area (Å²) in [6, 6.07) is 9.56. The van der Waals surface area contributed by atoms with Crippen LogP contribution in [0, 0.1) is 5.82 Å². The Kier molecular flexibility index (Phi) is 8.20. The van der Waals surface area contributed by atoms with Gasteiger partial charge in [0.1, 0.15) is 5.82 Å². The predicted molar refractivity (Wildman–Crippen MR) is 121 cm³/mol. The Labute approximate surface area is 186 Å². The van der Waals surface area contributed by atoms with E-state index in [4.69, 9.17) is 5.73 Å². The minimum absolute atomic E-state index is 0.00272. The Morgan fingerprint density at radius 3 is 2.74 bits per heavy atom. The molecule has 2 aromatic rings. The van der Waals surface area contributed by atoms with Crippen LogP contribution >= 0.6 is 11.8 Å². The van der Waals surface area contributed by atoms with Crippen molar-refractivity contribution in [1.82, 2.24) is 14.8 Å². The molecule has 164 valence electrons. The Morgan fingerprint density at radius 2 is 2.06 bits per heavy atom. The van der Waals surface area contributed by atoms with Crippen molar-refractivity contribution in [3.8, 4) is 0 Å². The molecule has 2 atom stereocenters. The third kappa shape index (κ3) is 6.90. The SMILES string of the molecule is C[C@H]1CN(C(=O)C[C@H](N)CSc2ccc(F)cc2)CCN1C(=O)/C=C/c1cccnc1. The van der Waals surface area contributed by atoms with Gasteiger partial charge in [0.2, 0.25) is 11.8 Å². The molecular weight excluding hydrogens is 415 g/mol. The number of aromatic nitrogens is 1. The molecule has 0 unspecified atom stereocenters. The lowest BCUT2D eigenvalue weighted by molar-refractivity contribution is -0.139. The molecular formula is C23H27FN4O2S. The van der Waals surface area contributed by atoms with Crippen molar-refractivity contribution in [3.05, 3.63) is 66.2 Å². The van der Waals surface area contributed by atoms with E-state index in [0.29, 0.717) is 25.4 Å². The maximum atomic E-state index is 13.0. The molecule has 1 aromatic carbocycles. The largest absolute Gasteiger partial charge is 0.339 e. The highest BCUT2D eigenvalue weighted by Gasteiger charge is 2.29. The lowest BCUT2D eigenvalue weighted by atomic mass is 10.1. The number of amides is 2. The molecule has 8 heteroatoms. The Morgan fingerprint density at radius 1 is 1.29 bits per heavy atom. The van der Waals surface area contributed by atoms with Crippen LogP contribution in [0.5, 0.6) is 0 Å². The molecule has 1 aromatic heterocycles. The van der Waals surface area contributed by atoms with Gasteiger partial charge in [0.05, 0.1) is 0 Å². The minimum Gasteiger partial charge on any atom is -0.339 e. The van der Waals surface area contributed by atoms with Gasteiger partial charge >= 0.3 is 0 Å². The summed E-state index contributed by atoms with van der Waals surface area (Å²) in [4.78, 5) is 33.7. The lowest BCUT2D eigenvalue weighted by Gasteiger charge is -2.39. The summed E-state index contributed by atoms with van der Waals surface area (Å²) >= 11 is 1.51. The molecule has 0 aliphatic carbocycles. The Hall–Kier alpha value is -2.71. The van der Waals surface area contributed by atoms with Crippen LogP contribution in [0.1, 0.15) is 18.9 Å². The summed E-state index contributed by atoms with van der Waals surface area (Å²) in [5, 5.41) is 0. The second-order valence-electron chi connectivity index (χ2n) is 7.57. The fraction of sp³-hybridized carbons (Fsp3) is 0.348. The van der Waals surface area contributed by atoms with Crippen molar-refractivity contribution in [1.29, 1.82) is 0 Å². The molecule has 0 radical (unpaired) electrons. The summed E-state index contributed by atoms with van der Waals surface area (Å²) < 4.78 is 13.0. The van der Waals surface area contributed by atoms with E-state index < -0.39 is 0 Å². The maximum Gasteiger partial charge on any atom is 0.246 e. The van der Waals surface area contributed by atoms with Crippen LogP contribution in [-0.2, 0) is 9.59 Å². The van der Waals surface area contributed by atoms with Crippen molar-refractivity contribution in [2.45, 2.75) is 30.3 Å². The van der Waals surface area contributed by atoms with Gasteiger partial charge in [-0.3, -0.25) is 14.6 Å². The third-order valence-corrected chi connectivity index (χ3v) is 6.28. The van der Waals surface area contributed by atoms with Gasteiger partial charge in [-0.25, -0.2) is 4.39 Å². The number of benzene rings is 1. The second kappa shape index (κ2) is 11.1. The highest BCUT2D eigenvalue weighted by molar-refractivity contribution is 7.99. The number of hydrogen-bond acceptors (Lipinski definition) is 5. The van der Waals surface area contributed by atoms with Gasteiger partial charge in [0.15, 0.2) is 0 Å². The van der Waals surface area contributed by atoms with Crippen LogP contribution < -0.4 is 5.73 Å². The van der Waals surface area contributed by atoms with Crippen molar-refractivity contribution < 1.29 is 14.0 Å². The number of carbonyl (C=O) groups is 2. The predicted octanol–water partition coefficient (Wildman–Crippen LogP) is 2.80. The van der Waals surface area contributed by atoms with E-state index in [9.17, 15) is 14.0 Å². The van der Waals surface area contributed by atoms with Gasteiger partial charge < -0.3 is 15.5 Å². The van der Waals surface area contributed by atoms with Crippen molar-refractivity contribution >= 4 is 29.7 Å². The topological polar surface area (TPSA) is 79.5 Å². The monoisotopic (exact) mass is 442 g/mol. The molecule has 0 spiro atoms. The zero-order chi connectivity index (χ0) is 22.2. The Bertz CT molecular complexity index is 908. The average molecular weight is 443 g/mol. The maximum absolute atomic E-state index is 13.0. The fourth-order valence-corrected chi connectivity index (χ4v) is 4.25. The Balaban J connectivity index is 1.44. The van der Waals surface area contributed by atoms with Crippen LogP contribution in [-0.4, -0.2) is 64.1 Å². The van der Waals surface area contributed by atoms with Gasteiger partial charge in [-0.05, 0) is 48.9 Å². The zero-order valence-corrected chi connectivity index (χ0v) is 18.3. The van der Waals surface area contributed by atoms with E-state index in [1.165, 1.54) is 23.9 Å². The molecule has 1 aliphatic rings. The highest BCUT2D eigenvalue weighted by Crippen LogP contribution is 2.20. The van der Waals surface area contributed by atoms with E-state index in [1.54, 1.807) is 46.5 Å². The summed E-state index contributed by atoms with van der Waals surface area (Å²) in [5.41, 5.74) is 7.01. The molecule has 0 saturated carbocycles. The summed E-state index contributed by atoms with van der Waals surface area (Å²) in [6.45, 7) is 3.42. The normalized spacial score (nSPS) is 17.7. The molecule has 1 saturated heterocycles. The molecule has 2 heterocycles. The summed E-state index contributed by atoms with van der Waals surface area (Å²) in [6.07, 6.45) is 6.92. The first kappa shape index (κ1) is 23.0. The number of rotatable bonds is 7. The van der Waals surface area contributed by atoms with E-state index in [-0.39, 0.29) is 36.1 Å². The van der Waals surface area contributed by atoms with Gasteiger partial charge in [-0.2, -0.15) is 0 Å². The van der Waals surface area contributed by atoms with Crippen molar-refractivity contribution in [2.75, 3.05) is 25.4 Å². The van der Waals surface area contributed by atoms with Crippen molar-refractivity contribution in [2.24, 2.45) is 5.73 Å². The molecule has 6 nitrogen and oxygen atoms in total. The summed E-state index contributed by atoms with van der Waals surface area (Å²) in [7, 11) is 0. The zero-order valence-electron chi connectivity index (χ0n) is 17.5. The summed E-state index contributed by atoms with van der Waals surface area (Å²) in [5.74, 6) is 0.223. The number of nitrogens with two attached hydrogens (primary N) is 1. The smallest absolute Gasteiger partial charge is 0.246 e. The molecule has 1 aliphatic heterocycles. The quantitative estimate of drug-likeness (QED) is 0.527. The van der Waals surface area contributed by atoms with Gasteiger partial charge in [-0.15, -0.1) is 11.8 Å². The fourth-order valence-electron chi connectivity index (χ4n) is 3.40. The highest BCUT2D eigenvalue weighted by atomic mass is 32.2. The van der Waals surface area contributed by atoms with E-state index in [1.807, 2.05) is 19.1 Å². The third-order valence-electron chi connectivity index (χ3n) is 5.08. The number of halogens is 1. The van der Waals surface area contributed by atoms with Gasteiger partial charge in [0, 0.05) is 67.3 Å². The van der Waals surface area contributed by atoms with Gasteiger partial charge in [-0.1, -0.05) is 6.07 Å². The standard InChI is InChI=1S/C23H27FN4O2S/c1-17-15-27(11-12-28(17)22(29)9-4-18-3-2-10-26-14-18)23(30)13-20(25)16-31-21-7-5-19(24)6-8-21/h2-10,14,17,20H,11-13,15-16,25H2,1H3/b9-4+/t17-,20-/m0/s1. The lowest BCUT2D eigenvalue weighted by Crippen LogP contribution is -2.55. The minimum atomic E-state index is -0.292. The van der Waals surface area contributed by atoms with Crippen LogP contribution in [0.25, 0.3) is 6.08 Å². The number of piperazine rings is 1. The molecule has 1 fully saturated rings. The van der Waals surface area contributed by atoms with Crippen LogP contribution in [0.2, 0.25) is 0 Å². The first-order valence-corrected chi connectivity index (χ1v) is 11.2. The first-order chi connectivity index (χ1) is 14.9. The van der Waals surface area contributed by atoms with Crippen molar-refractivity contribution in [3.63, 3.8) is 0 Å². The molecule has 2 N–H and O–H groups in total. The van der Waals surface area contributed by atoms with E-state index in [2.05, 4.69) is 4.98 Å². The van der Waals surface area contributed by atoms with E-state index in [0.717, 1.165) is 10.5 Å². The molecule has 2 amide bonds. The van der Waals surface area contributed by atoms with Crippen LogP contribution in [0.4, 0.5) is 4.39 Å². The van der Waals surface area contributed by atoms with Gasteiger partial charge in [0.25, 0.3) is 0 Å². The molecule has 31 heavy (non-hydrogen) atoms. The number of thioether (sulfide) groups is 1. The number of hydrogen-bond donors (Lipinski definition) is 1.